The third kappa shape index (κ3) is 0.811. The van der Waals surface area contributed by atoms with Gasteiger partial charge in [-0.2, -0.15) is 0 Å². The average Bonchev–Trinajstić information content (AvgIpc) is 2.21. The van der Waals surface area contributed by atoms with Crippen molar-refractivity contribution in [2.45, 2.75) is 18.7 Å². The summed E-state index contributed by atoms with van der Waals surface area (Å²) in [5, 5.41) is 3.12. The quantitative estimate of drug-likeness (QED) is 0.383. The third-order valence-electron chi connectivity index (χ3n) is 0.907. The summed E-state index contributed by atoms with van der Waals surface area (Å²) in [6.45, 7) is 0. The van der Waals surface area contributed by atoms with E-state index in [1.54, 1.807) is 7.41 Å². The second-order valence-electron chi connectivity index (χ2n) is 1.62. The molecule has 6 heavy (non-hydrogen) atoms. The molecule has 0 bridgehead atoms. The van der Waals surface area contributed by atoms with E-state index in [0.717, 1.165) is 0 Å². The normalized spacial score (nSPS) is 20.0. The molecule has 0 aliphatic heterocycles. The predicted molar refractivity (Wildman–Crippen MR) is 23.9 cm³/mol. The summed E-state index contributed by atoms with van der Waals surface area (Å²) in [5.74, 6) is 0.669. The fourth-order valence-corrected chi connectivity index (χ4v) is 0.351. The van der Waals surface area contributed by atoms with Gasteiger partial charge >= 0.3 is 7.41 Å². The van der Waals surface area contributed by atoms with Crippen LogP contribution in [-0.4, -0.2) is 7.41 Å². The Balaban J connectivity index is 2.00. The highest BCUT2D eigenvalue weighted by atomic mass is 14.9. The molecule has 1 fully saturated rings. The molecule has 0 aromatic rings. The number of hydrogen-bond acceptors (Lipinski definition) is 2. The van der Waals surface area contributed by atoms with Gasteiger partial charge in [-0.15, -0.1) is 0 Å². The lowest BCUT2D eigenvalue weighted by atomic mass is 9.89. The molecule has 0 spiro atoms. The molecule has 0 saturated heterocycles. The Bertz CT molecular complexity index is 59.8. The van der Waals surface area contributed by atoms with E-state index in [1.165, 1.54) is 12.8 Å². The maximum absolute atomic E-state index is 6.34. The van der Waals surface area contributed by atoms with Crippen molar-refractivity contribution >= 4 is 7.41 Å². The van der Waals surface area contributed by atoms with E-state index >= 15 is 0 Å². The van der Waals surface area contributed by atoms with Gasteiger partial charge in [0, 0.05) is 0 Å². The number of rotatable bonds is 2. The van der Waals surface area contributed by atoms with Crippen LogP contribution < -0.4 is 0 Å². The highest BCUT2D eigenvalue weighted by molar-refractivity contribution is 6.35. The van der Waals surface area contributed by atoms with Gasteiger partial charge in [-0.3, -0.25) is 5.03 Å². The van der Waals surface area contributed by atoms with Crippen molar-refractivity contribution in [3.05, 3.63) is 0 Å². The van der Waals surface area contributed by atoms with Gasteiger partial charge in [0.25, 0.3) is 0 Å². The average molecular weight is 80.9 g/mol. The first-order valence-electron chi connectivity index (χ1n) is 2.13. The van der Waals surface area contributed by atoms with Crippen LogP contribution >= 0.6 is 0 Å². The smallest absolute Gasteiger partial charge is 0.268 e. The Morgan fingerprint density at radius 1 is 1.67 bits per heavy atom. The van der Waals surface area contributed by atoms with Crippen LogP contribution in [0, 0.1) is 5.53 Å². The molecule has 0 amide bonds. The van der Waals surface area contributed by atoms with Gasteiger partial charge in [0.15, 0.2) is 0 Å². The second-order valence-corrected chi connectivity index (χ2v) is 1.62. The lowest BCUT2D eigenvalue weighted by molar-refractivity contribution is 1.20. The van der Waals surface area contributed by atoms with Crippen LogP contribution in [0.5, 0.6) is 0 Å². The molecule has 0 atom stereocenters. The van der Waals surface area contributed by atoms with Crippen molar-refractivity contribution in [3.8, 4) is 0 Å². The van der Waals surface area contributed by atoms with Gasteiger partial charge in [-0.25, -0.2) is 5.53 Å². The molecule has 2 nitrogen and oxygen atoms in total. The van der Waals surface area contributed by atoms with Gasteiger partial charge in [0.2, 0.25) is 0 Å². The van der Waals surface area contributed by atoms with E-state index in [0.29, 0.717) is 5.82 Å². The second kappa shape index (κ2) is 1.41. The molecule has 1 aliphatic carbocycles. The largest absolute Gasteiger partial charge is 0.308 e. The summed E-state index contributed by atoms with van der Waals surface area (Å²) < 4.78 is 0. The third-order valence-corrected chi connectivity index (χ3v) is 0.907. The summed E-state index contributed by atoms with van der Waals surface area (Å²) in [4.78, 5) is 0. The molecule has 1 N–H and O–H groups in total. The van der Waals surface area contributed by atoms with E-state index in [1.807, 2.05) is 0 Å². The van der Waals surface area contributed by atoms with E-state index in [2.05, 4.69) is 5.03 Å². The highest BCUT2D eigenvalue weighted by Gasteiger charge is 2.22. The van der Waals surface area contributed by atoms with E-state index in [4.69, 9.17) is 5.53 Å². The van der Waals surface area contributed by atoms with Crippen LogP contribution in [0.1, 0.15) is 12.8 Å². The topological polar surface area (TPSA) is 36.2 Å². The fourth-order valence-electron chi connectivity index (χ4n) is 0.351. The van der Waals surface area contributed by atoms with Crippen molar-refractivity contribution in [2.24, 2.45) is 5.03 Å². The van der Waals surface area contributed by atoms with Crippen molar-refractivity contribution in [3.63, 3.8) is 0 Å². The Morgan fingerprint density at radius 3 is 2.50 bits per heavy atom. The highest BCUT2D eigenvalue weighted by Crippen LogP contribution is 2.34. The minimum absolute atomic E-state index is 0.669. The SMILES string of the molecule is N=N[B]C1CC1. The fraction of sp³-hybridized carbons (Fsp3) is 1.00. The van der Waals surface area contributed by atoms with Crippen LogP contribution in [0.2, 0.25) is 5.82 Å². The molecule has 1 rings (SSSR count). The maximum Gasteiger partial charge on any atom is 0.308 e. The summed E-state index contributed by atoms with van der Waals surface area (Å²) in [6, 6.07) is 0. The Morgan fingerprint density at radius 2 is 2.33 bits per heavy atom. The zero-order valence-corrected chi connectivity index (χ0v) is 3.52. The van der Waals surface area contributed by atoms with Crippen molar-refractivity contribution in [2.75, 3.05) is 0 Å². The molecule has 1 radical (unpaired) electrons. The number of hydrogen-bond donors (Lipinski definition) is 1. The van der Waals surface area contributed by atoms with Gasteiger partial charge < -0.3 is 0 Å². The van der Waals surface area contributed by atoms with Crippen molar-refractivity contribution in [1.82, 2.24) is 0 Å². The molecule has 0 heterocycles. The van der Waals surface area contributed by atoms with E-state index in [9.17, 15) is 0 Å². The lowest BCUT2D eigenvalue weighted by Gasteiger charge is -1.70. The first-order chi connectivity index (χ1) is 2.93. The lowest BCUT2D eigenvalue weighted by Crippen LogP contribution is -1.76. The minimum atomic E-state index is 0.669. The predicted octanol–water partition coefficient (Wildman–Crippen LogP) is 1.22. The van der Waals surface area contributed by atoms with Crippen LogP contribution in [0.3, 0.4) is 0 Å². The molecular formula is C3H6BN2. The van der Waals surface area contributed by atoms with Gasteiger partial charge in [-0.1, -0.05) is 12.8 Å². The van der Waals surface area contributed by atoms with Crippen molar-refractivity contribution in [1.29, 1.82) is 5.53 Å². The Kier molecular flexibility index (Phi) is 0.903. The molecule has 31 valence electrons. The number of nitrogens with one attached hydrogen (secondary N) is 1. The Labute approximate surface area is 37.7 Å². The van der Waals surface area contributed by atoms with Crippen molar-refractivity contribution < 1.29 is 0 Å². The molecule has 1 aliphatic rings. The van der Waals surface area contributed by atoms with Gasteiger partial charge in [0.1, 0.15) is 0 Å². The maximum atomic E-state index is 6.34. The zero-order valence-electron chi connectivity index (χ0n) is 3.52. The molecule has 1 saturated carbocycles. The van der Waals surface area contributed by atoms with Gasteiger partial charge in [-0.05, 0) is 5.82 Å². The minimum Gasteiger partial charge on any atom is -0.268 e. The van der Waals surface area contributed by atoms with E-state index < -0.39 is 0 Å². The standard InChI is InChI=1S/C3H6BN2/c5-6-4-3-1-2-3/h3,5H,1-2H2. The number of nitrogens with zero attached hydrogens (tertiary/aromatic N) is 1. The molecule has 3 heteroatoms. The zero-order chi connectivity index (χ0) is 4.41. The van der Waals surface area contributed by atoms with Crippen LogP contribution in [0.4, 0.5) is 0 Å². The first kappa shape index (κ1) is 3.84. The summed E-state index contributed by atoms with van der Waals surface area (Å²) in [6.07, 6.45) is 2.50. The molecule has 0 aromatic carbocycles. The van der Waals surface area contributed by atoms with E-state index in [-0.39, 0.29) is 0 Å². The summed E-state index contributed by atoms with van der Waals surface area (Å²) >= 11 is 0. The monoisotopic (exact) mass is 81.1 g/mol. The first-order valence-corrected chi connectivity index (χ1v) is 2.13. The molecule has 0 unspecified atom stereocenters. The van der Waals surface area contributed by atoms with Crippen LogP contribution in [0.15, 0.2) is 5.03 Å². The summed E-state index contributed by atoms with van der Waals surface area (Å²) in [7, 11) is 1.69. The van der Waals surface area contributed by atoms with Gasteiger partial charge in [0.05, 0.1) is 0 Å². The van der Waals surface area contributed by atoms with Crippen LogP contribution in [0.25, 0.3) is 0 Å². The molecular weight excluding hydrogens is 74.9 g/mol. The molecule has 0 aromatic heterocycles. The summed E-state index contributed by atoms with van der Waals surface area (Å²) in [5.41, 5.74) is 6.34. The Hall–Kier alpha value is -0.335. The van der Waals surface area contributed by atoms with Crippen LogP contribution in [-0.2, 0) is 0 Å².